The van der Waals surface area contributed by atoms with E-state index in [1.807, 2.05) is 16.8 Å². The maximum absolute atomic E-state index is 13.3. The zero-order valence-corrected chi connectivity index (χ0v) is 13.7. The molecule has 1 N–H and O–H groups in total. The predicted molar refractivity (Wildman–Crippen MR) is 95.1 cm³/mol. The summed E-state index contributed by atoms with van der Waals surface area (Å²) in [6.45, 7) is 0.901. The first-order valence-corrected chi connectivity index (χ1v) is 8.38. The molecule has 0 radical (unpaired) electrons. The van der Waals surface area contributed by atoms with Crippen molar-refractivity contribution in [2.45, 2.75) is 19.3 Å². The van der Waals surface area contributed by atoms with Crippen molar-refractivity contribution in [2.75, 3.05) is 11.9 Å². The van der Waals surface area contributed by atoms with Crippen LogP contribution in [0.5, 0.6) is 0 Å². The van der Waals surface area contributed by atoms with E-state index < -0.39 is 0 Å². The maximum atomic E-state index is 13.3. The van der Waals surface area contributed by atoms with E-state index in [9.17, 15) is 4.39 Å². The van der Waals surface area contributed by atoms with Gasteiger partial charge in [0.1, 0.15) is 11.6 Å². The maximum Gasteiger partial charge on any atom is 0.133 e. The second-order valence-corrected chi connectivity index (χ2v) is 6.14. The Kier molecular flexibility index (Phi) is 3.95. The van der Waals surface area contributed by atoms with Crippen molar-refractivity contribution in [3.8, 4) is 23.0 Å². The van der Waals surface area contributed by atoms with E-state index in [0.29, 0.717) is 5.56 Å². The van der Waals surface area contributed by atoms with Crippen LogP contribution in [0.4, 0.5) is 10.2 Å². The first-order valence-electron chi connectivity index (χ1n) is 8.38. The number of anilines is 1. The number of fused-ring (bicyclic) bond motifs is 1. The van der Waals surface area contributed by atoms with Gasteiger partial charge in [-0.2, -0.15) is 10.4 Å². The number of nitrogens with one attached hydrogen (secondary N) is 1. The highest BCUT2D eigenvalue weighted by atomic mass is 19.1. The molecule has 1 aromatic heterocycles. The van der Waals surface area contributed by atoms with Gasteiger partial charge in [-0.15, -0.1) is 0 Å². The first-order chi connectivity index (χ1) is 12.3. The van der Waals surface area contributed by atoms with Gasteiger partial charge in [0.05, 0.1) is 23.0 Å². The van der Waals surface area contributed by atoms with E-state index in [-0.39, 0.29) is 5.82 Å². The molecule has 124 valence electrons. The number of nitriles is 1. The normalized spacial score (nSPS) is 13.4. The number of hydrogen-bond acceptors (Lipinski definition) is 3. The van der Waals surface area contributed by atoms with Crippen LogP contribution in [0.15, 0.2) is 48.5 Å². The fraction of sp³-hybridized carbons (Fsp3) is 0.200. The third-order valence-corrected chi connectivity index (χ3v) is 4.49. The molecule has 0 spiro atoms. The molecular weight excluding hydrogens is 315 g/mol. The molecule has 0 amide bonds. The second kappa shape index (κ2) is 6.40. The number of rotatable bonds is 2. The topological polar surface area (TPSA) is 53.6 Å². The SMILES string of the molecule is N#Cc1ccc(-n2nc(-c3ccc(F)cc3)c3c2NCCCC3)cc1. The zero-order chi connectivity index (χ0) is 17.2. The van der Waals surface area contributed by atoms with Crippen LogP contribution in [0.2, 0.25) is 0 Å². The Morgan fingerprint density at radius 3 is 2.52 bits per heavy atom. The lowest BCUT2D eigenvalue weighted by molar-refractivity contribution is 0.628. The molecule has 2 aromatic carbocycles. The molecule has 0 bridgehead atoms. The Morgan fingerprint density at radius 2 is 1.80 bits per heavy atom. The second-order valence-electron chi connectivity index (χ2n) is 6.14. The summed E-state index contributed by atoms with van der Waals surface area (Å²) in [6.07, 6.45) is 3.13. The Balaban J connectivity index is 1.86. The molecule has 2 heterocycles. The van der Waals surface area contributed by atoms with E-state index in [0.717, 1.165) is 54.1 Å². The largest absolute Gasteiger partial charge is 0.370 e. The summed E-state index contributed by atoms with van der Waals surface area (Å²) >= 11 is 0. The van der Waals surface area contributed by atoms with Crippen molar-refractivity contribution in [1.82, 2.24) is 9.78 Å². The molecule has 0 saturated carbocycles. The van der Waals surface area contributed by atoms with E-state index >= 15 is 0 Å². The van der Waals surface area contributed by atoms with E-state index in [1.54, 1.807) is 24.3 Å². The smallest absolute Gasteiger partial charge is 0.133 e. The standard InChI is InChI=1S/C20H17FN4/c21-16-8-6-15(7-9-16)19-18-3-1-2-12-23-20(18)25(24-19)17-10-4-14(13-22)5-11-17/h4-11,23H,1-3,12H2. The van der Waals surface area contributed by atoms with Gasteiger partial charge in [-0.3, -0.25) is 0 Å². The van der Waals surface area contributed by atoms with Gasteiger partial charge in [-0.1, -0.05) is 0 Å². The zero-order valence-electron chi connectivity index (χ0n) is 13.7. The third kappa shape index (κ3) is 2.87. The van der Waals surface area contributed by atoms with E-state index in [1.165, 1.54) is 12.1 Å². The summed E-state index contributed by atoms with van der Waals surface area (Å²) < 4.78 is 15.2. The van der Waals surface area contributed by atoms with Crippen LogP contribution in [0, 0.1) is 17.1 Å². The summed E-state index contributed by atoms with van der Waals surface area (Å²) in [5.41, 5.74) is 4.47. The van der Waals surface area contributed by atoms with Gasteiger partial charge >= 0.3 is 0 Å². The molecule has 4 rings (SSSR count). The summed E-state index contributed by atoms with van der Waals surface area (Å²) in [6, 6.07) is 16.0. The molecule has 3 aromatic rings. The lowest BCUT2D eigenvalue weighted by Gasteiger charge is -2.09. The molecule has 0 aliphatic carbocycles. The Labute approximate surface area is 145 Å². The fourth-order valence-corrected chi connectivity index (χ4v) is 3.21. The molecular formula is C20H17FN4. The van der Waals surface area contributed by atoms with E-state index in [4.69, 9.17) is 10.4 Å². The lowest BCUT2D eigenvalue weighted by atomic mass is 10.0. The van der Waals surface area contributed by atoms with Crippen molar-refractivity contribution in [3.05, 3.63) is 65.5 Å². The fourth-order valence-electron chi connectivity index (χ4n) is 3.21. The Morgan fingerprint density at radius 1 is 1.04 bits per heavy atom. The molecule has 1 aliphatic heterocycles. The Bertz CT molecular complexity index is 934. The monoisotopic (exact) mass is 332 g/mol. The molecule has 1 aliphatic rings. The molecule has 0 saturated heterocycles. The van der Waals surface area contributed by atoms with Crippen molar-refractivity contribution in [2.24, 2.45) is 0 Å². The van der Waals surface area contributed by atoms with Crippen LogP contribution in [-0.4, -0.2) is 16.3 Å². The number of aromatic nitrogens is 2. The molecule has 0 atom stereocenters. The predicted octanol–water partition coefficient (Wildman–Crippen LogP) is 4.30. The minimum absolute atomic E-state index is 0.250. The van der Waals surface area contributed by atoms with E-state index in [2.05, 4.69) is 11.4 Å². The van der Waals surface area contributed by atoms with Crippen molar-refractivity contribution in [3.63, 3.8) is 0 Å². The van der Waals surface area contributed by atoms with Crippen LogP contribution < -0.4 is 5.32 Å². The average molecular weight is 332 g/mol. The van der Waals surface area contributed by atoms with Crippen molar-refractivity contribution in [1.29, 1.82) is 5.26 Å². The molecule has 0 unspecified atom stereocenters. The van der Waals surface area contributed by atoms with Crippen LogP contribution in [0.1, 0.15) is 24.0 Å². The Hall–Kier alpha value is -3.13. The number of hydrogen-bond donors (Lipinski definition) is 1. The minimum atomic E-state index is -0.250. The van der Waals surface area contributed by atoms with Gasteiger partial charge in [0.25, 0.3) is 0 Å². The molecule has 25 heavy (non-hydrogen) atoms. The van der Waals surface area contributed by atoms with Crippen molar-refractivity contribution < 1.29 is 4.39 Å². The van der Waals surface area contributed by atoms with Crippen LogP contribution in [0.3, 0.4) is 0 Å². The summed E-state index contributed by atoms with van der Waals surface area (Å²) in [7, 11) is 0. The molecule has 4 nitrogen and oxygen atoms in total. The van der Waals surface area contributed by atoms with Gasteiger partial charge in [0, 0.05) is 17.7 Å². The molecule has 5 heteroatoms. The van der Waals surface area contributed by atoms with Gasteiger partial charge in [0.15, 0.2) is 0 Å². The van der Waals surface area contributed by atoms with Crippen LogP contribution in [-0.2, 0) is 6.42 Å². The lowest BCUT2D eigenvalue weighted by Crippen LogP contribution is -2.07. The average Bonchev–Trinajstić information content (AvgIpc) is 2.84. The third-order valence-electron chi connectivity index (χ3n) is 4.49. The molecule has 0 fully saturated rings. The minimum Gasteiger partial charge on any atom is -0.370 e. The van der Waals surface area contributed by atoms with Gasteiger partial charge in [-0.05, 0) is 67.8 Å². The highest BCUT2D eigenvalue weighted by Crippen LogP contribution is 2.34. The van der Waals surface area contributed by atoms with Crippen LogP contribution >= 0.6 is 0 Å². The summed E-state index contributed by atoms with van der Waals surface area (Å²) in [4.78, 5) is 0. The summed E-state index contributed by atoms with van der Waals surface area (Å²) in [5, 5.41) is 17.3. The number of nitrogens with zero attached hydrogens (tertiary/aromatic N) is 3. The number of benzene rings is 2. The van der Waals surface area contributed by atoms with Crippen LogP contribution in [0.25, 0.3) is 16.9 Å². The first kappa shape index (κ1) is 15.4. The van der Waals surface area contributed by atoms with Crippen molar-refractivity contribution >= 4 is 5.82 Å². The van der Waals surface area contributed by atoms with Gasteiger partial charge in [0.2, 0.25) is 0 Å². The quantitative estimate of drug-likeness (QED) is 0.761. The van der Waals surface area contributed by atoms with Gasteiger partial charge < -0.3 is 5.32 Å². The van der Waals surface area contributed by atoms with Gasteiger partial charge in [-0.25, -0.2) is 9.07 Å². The summed E-state index contributed by atoms with van der Waals surface area (Å²) in [5.74, 6) is 0.737. The highest BCUT2D eigenvalue weighted by Gasteiger charge is 2.21. The highest BCUT2D eigenvalue weighted by molar-refractivity contribution is 5.71. The number of halogens is 1.